The molecule has 10 heteroatoms. The minimum Gasteiger partial charge on any atom is -0.486 e. The summed E-state index contributed by atoms with van der Waals surface area (Å²) < 4.78 is 13.8. The highest BCUT2D eigenvalue weighted by atomic mass is 16.6. The van der Waals surface area contributed by atoms with E-state index in [1.807, 2.05) is 67.2 Å². The zero-order valence-corrected chi connectivity index (χ0v) is 30.3. The van der Waals surface area contributed by atoms with E-state index in [0.29, 0.717) is 26.1 Å². The lowest BCUT2D eigenvalue weighted by atomic mass is 9.78. The molecule has 1 fully saturated rings. The first-order chi connectivity index (χ1) is 24.5. The molecule has 2 aliphatic heterocycles. The third kappa shape index (κ3) is 6.85. The zero-order chi connectivity index (χ0) is 35.9. The van der Waals surface area contributed by atoms with Gasteiger partial charge in [-0.2, -0.15) is 0 Å². The Balaban J connectivity index is 1.27. The fourth-order valence-electron chi connectivity index (χ4n) is 7.83. The van der Waals surface area contributed by atoms with Crippen LogP contribution in [0, 0.1) is 19.8 Å². The van der Waals surface area contributed by atoms with Gasteiger partial charge in [0.05, 0.1) is 11.6 Å². The molecular weight excluding hydrogens is 640 g/mol. The Bertz CT molecular complexity index is 2080. The van der Waals surface area contributed by atoms with Gasteiger partial charge < -0.3 is 9.47 Å². The van der Waals surface area contributed by atoms with Gasteiger partial charge in [-0.05, 0) is 86.6 Å². The number of imide groups is 1. The molecule has 10 nitrogen and oxygen atoms in total. The van der Waals surface area contributed by atoms with Gasteiger partial charge in [0.2, 0.25) is 5.91 Å². The second-order valence-electron chi connectivity index (χ2n) is 14.6. The van der Waals surface area contributed by atoms with Gasteiger partial charge in [0.1, 0.15) is 23.5 Å². The van der Waals surface area contributed by atoms with Crippen molar-refractivity contribution in [3.63, 3.8) is 0 Å². The number of hydrogen-bond acceptors (Lipinski definition) is 8. The Morgan fingerprint density at radius 3 is 2.65 bits per heavy atom. The summed E-state index contributed by atoms with van der Waals surface area (Å²) in [6, 6.07) is 22.1. The highest BCUT2D eigenvalue weighted by Crippen LogP contribution is 2.39. The number of benzene rings is 3. The van der Waals surface area contributed by atoms with Gasteiger partial charge in [-0.3, -0.25) is 14.7 Å². The fourth-order valence-corrected chi connectivity index (χ4v) is 7.83. The summed E-state index contributed by atoms with van der Waals surface area (Å²) in [7, 11) is 0. The minimum absolute atomic E-state index is 0.172. The largest absolute Gasteiger partial charge is 0.486 e. The number of aromatic nitrogens is 4. The Hall–Kier alpha value is -5.09. The van der Waals surface area contributed by atoms with E-state index in [0.717, 1.165) is 56.7 Å². The van der Waals surface area contributed by atoms with Crippen molar-refractivity contribution in [3.8, 4) is 5.75 Å². The number of hydrogen-bond donors (Lipinski definition) is 0. The molecular formula is C41H46N6O4. The quantitative estimate of drug-likeness (QED) is 0.164. The van der Waals surface area contributed by atoms with E-state index in [2.05, 4.69) is 72.2 Å². The second-order valence-corrected chi connectivity index (χ2v) is 14.6. The molecule has 3 aromatic carbocycles. The van der Waals surface area contributed by atoms with Crippen molar-refractivity contribution in [2.75, 3.05) is 13.2 Å². The molecule has 2 unspecified atom stereocenters. The van der Waals surface area contributed by atoms with Crippen LogP contribution in [0.4, 0.5) is 4.79 Å². The molecule has 0 saturated carbocycles. The Kier molecular flexibility index (Phi) is 9.37. The van der Waals surface area contributed by atoms with Gasteiger partial charge >= 0.3 is 6.09 Å². The van der Waals surface area contributed by atoms with Crippen LogP contribution in [0.25, 0.3) is 11.0 Å². The first-order valence-electron chi connectivity index (χ1n) is 17.8. The SMILES string of the molecule is CCn1nnc2c(C)c(C(c3ccc(C)c(CN4Cc5cnccc5OC(C)(C)C4)c3)C(C)C(=O)N3C(=O)OC[C@@H]3Cc3ccccc3)ccc21. The summed E-state index contributed by atoms with van der Waals surface area (Å²) in [6.45, 7) is 15.4. The summed E-state index contributed by atoms with van der Waals surface area (Å²) in [5, 5.41) is 8.93. The zero-order valence-electron chi connectivity index (χ0n) is 30.3. The van der Waals surface area contributed by atoms with Crippen LogP contribution in [0.5, 0.6) is 5.75 Å². The molecule has 1 saturated heterocycles. The van der Waals surface area contributed by atoms with Crippen molar-refractivity contribution >= 4 is 23.0 Å². The number of cyclic esters (lactones) is 1. The standard InChI is InChI=1S/C41H46N6O4/c1-7-46-35-16-15-34(27(3)38(35)43-44-46)37(28(4)39(48)47-33(24-50-40(47)49)19-29-11-9-8-10-12-29)30-14-13-26(2)31(20-30)22-45-23-32-21-42-18-17-36(32)51-41(5,6)25-45/h8-18,20-21,28,33,37H,7,19,22-25H2,1-6H3/t28?,33-,37?/m0/s1. The number of nitrogens with zero attached hydrogens (tertiary/aromatic N) is 6. The van der Waals surface area contributed by atoms with E-state index in [4.69, 9.17) is 9.47 Å². The third-order valence-electron chi connectivity index (χ3n) is 10.4. The van der Waals surface area contributed by atoms with Crippen LogP contribution in [-0.2, 0) is 35.6 Å². The number of fused-ring (bicyclic) bond motifs is 2. The third-order valence-corrected chi connectivity index (χ3v) is 10.4. The number of carbonyl (C=O) groups excluding carboxylic acids is 2. The van der Waals surface area contributed by atoms with Gasteiger partial charge in [0, 0.05) is 56.0 Å². The molecule has 2 amide bonds. The summed E-state index contributed by atoms with van der Waals surface area (Å²) in [6.07, 6.45) is 3.60. The second kappa shape index (κ2) is 13.9. The van der Waals surface area contributed by atoms with Crippen LogP contribution in [0.15, 0.2) is 79.1 Å². The van der Waals surface area contributed by atoms with E-state index in [-0.39, 0.29) is 24.5 Å². The minimum atomic E-state index is -0.592. The molecule has 2 aliphatic rings. The van der Waals surface area contributed by atoms with Crippen molar-refractivity contribution in [1.29, 1.82) is 0 Å². The van der Waals surface area contributed by atoms with Crippen LogP contribution >= 0.6 is 0 Å². The van der Waals surface area contributed by atoms with Crippen molar-refractivity contribution in [3.05, 3.63) is 118 Å². The van der Waals surface area contributed by atoms with Gasteiger partial charge in [0.25, 0.3) is 0 Å². The normalized spacial score (nSPS) is 18.5. The maximum Gasteiger partial charge on any atom is 0.416 e. The molecule has 4 heterocycles. The van der Waals surface area contributed by atoms with Gasteiger partial charge in [-0.25, -0.2) is 14.4 Å². The molecule has 0 radical (unpaired) electrons. The number of rotatable bonds is 9. The lowest BCUT2D eigenvalue weighted by Crippen LogP contribution is -2.44. The van der Waals surface area contributed by atoms with Crippen molar-refractivity contribution in [1.82, 2.24) is 29.8 Å². The van der Waals surface area contributed by atoms with Crippen LogP contribution in [0.2, 0.25) is 0 Å². The highest BCUT2D eigenvalue weighted by Gasteiger charge is 2.42. The molecule has 51 heavy (non-hydrogen) atoms. The predicted molar refractivity (Wildman–Crippen MR) is 195 cm³/mol. The van der Waals surface area contributed by atoms with Crippen LogP contribution in [-0.4, -0.2) is 66.6 Å². The van der Waals surface area contributed by atoms with Crippen molar-refractivity contribution < 1.29 is 19.1 Å². The van der Waals surface area contributed by atoms with E-state index in [9.17, 15) is 9.59 Å². The summed E-state index contributed by atoms with van der Waals surface area (Å²) >= 11 is 0. The summed E-state index contributed by atoms with van der Waals surface area (Å²) in [5.74, 6) is -0.344. The Morgan fingerprint density at radius 1 is 1.06 bits per heavy atom. The number of carbonyl (C=O) groups is 2. The Morgan fingerprint density at radius 2 is 1.86 bits per heavy atom. The maximum atomic E-state index is 14.6. The number of amides is 2. The average Bonchev–Trinajstić information content (AvgIpc) is 3.67. The Labute approximate surface area is 299 Å². The van der Waals surface area contributed by atoms with Crippen molar-refractivity contribution in [2.45, 2.75) is 85.2 Å². The summed E-state index contributed by atoms with van der Waals surface area (Å²) in [4.78, 5) is 36.0. The highest BCUT2D eigenvalue weighted by molar-refractivity contribution is 5.95. The molecule has 0 bridgehead atoms. The summed E-state index contributed by atoms with van der Waals surface area (Å²) in [5.41, 5.74) is 8.75. The predicted octanol–water partition coefficient (Wildman–Crippen LogP) is 6.99. The van der Waals surface area contributed by atoms with E-state index >= 15 is 0 Å². The van der Waals surface area contributed by atoms with E-state index in [1.165, 1.54) is 10.5 Å². The number of ether oxygens (including phenoxy) is 2. The molecule has 264 valence electrons. The maximum absolute atomic E-state index is 14.6. The number of pyridine rings is 1. The van der Waals surface area contributed by atoms with E-state index < -0.39 is 17.6 Å². The van der Waals surface area contributed by atoms with Crippen LogP contribution in [0.3, 0.4) is 0 Å². The molecule has 0 aliphatic carbocycles. The van der Waals surface area contributed by atoms with Gasteiger partial charge in [-0.1, -0.05) is 66.7 Å². The lowest BCUT2D eigenvalue weighted by molar-refractivity contribution is -0.133. The molecule has 5 aromatic rings. The average molecular weight is 687 g/mol. The lowest BCUT2D eigenvalue weighted by Gasteiger charge is -2.31. The van der Waals surface area contributed by atoms with Crippen LogP contribution in [0.1, 0.15) is 72.6 Å². The van der Waals surface area contributed by atoms with Crippen LogP contribution < -0.4 is 4.74 Å². The molecule has 0 spiro atoms. The first-order valence-corrected chi connectivity index (χ1v) is 17.8. The first kappa shape index (κ1) is 34.4. The monoisotopic (exact) mass is 686 g/mol. The smallest absolute Gasteiger partial charge is 0.416 e. The van der Waals surface area contributed by atoms with Gasteiger partial charge in [0.15, 0.2) is 0 Å². The number of aryl methyl sites for hydroxylation is 3. The molecule has 3 atom stereocenters. The van der Waals surface area contributed by atoms with Crippen molar-refractivity contribution in [2.24, 2.45) is 5.92 Å². The molecule has 0 N–H and O–H groups in total. The van der Waals surface area contributed by atoms with Gasteiger partial charge in [-0.15, -0.1) is 5.10 Å². The van der Waals surface area contributed by atoms with E-state index in [1.54, 1.807) is 6.20 Å². The fraction of sp³-hybridized carbons (Fsp3) is 0.390. The molecule has 7 rings (SSSR count). The topological polar surface area (TPSA) is 103 Å². The molecule has 2 aromatic heterocycles.